The lowest BCUT2D eigenvalue weighted by molar-refractivity contribution is -0.125. The number of carbonyl (C=O) groups is 2. The number of carbonyl (C=O) groups excluding carboxylic acids is 2. The number of amides is 3. The zero-order valence-corrected chi connectivity index (χ0v) is 10.8. The van der Waals surface area contributed by atoms with Gasteiger partial charge in [-0.1, -0.05) is 12.1 Å². The van der Waals surface area contributed by atoms with E-state index in [1.54, 1.807) is 7.05 Å². The molecule has 0 bridgehead atoms. The van der Waals surface area contributed by atoms with Crippen LogP contribution in [-0.2, 0) is 11.3 Å². The van der Waals surface area contributed by atoms with E-state index in [2.05, 4.69) is 0 Å². The summed E-state index contributed by atoms with van der Waals surface area (Å²) in [6.45, 7) is 1.13. The fourth-order valence-corrected chi connectivity index (χ4v) is 1.91. The molecular weight excluding hydrogens is 246 g/mol. The zero-order chi connectivity index (χ0) is 13.8. The van der Waals surface area contributed by atoms with Crippen LogP contribution in [0.3, 0.4) is 0 Å². The van der Waals surface area contributed by atoms with Crippen molar-refractivity contribution in [2.75, 3.05) is 26.7 Å². The third-order valence-electron chi connectivity index (χ3n) is 2.95. The van der Waals surface area contributed by atoms with Gasteiger partial charge < -0.3 is 15.4 Å². The molecule has 1 heterocycles. The Morgan fingerprint density at radius 1 is 1.37 bits per heavy atom. The van der Waals surface area contributed by atoms with Crippen molar-refractivity contribution in [3.8, 4) is 5.75 Å². The average molecular weight is 263 g/mol. The predicted molar refractivity (Wildman–Crippen MR) is 69.6 cm³/mol. The molecule has 1 aliphatic rings. The molecule has 0 radical (unpaired) electrons. The van der Waals surface area contributed by atoms with Gasteiger partial charge in [-0.15, -0.1) is 0 Å². The van der Waals surface area contributed by atoms with Gasteiger partial charge in [0.1, 0.15) is 18.9 Å². The van der Waals surface area contributed by atoms with Crippen molar-refractivity contribution in [1.82, 2.24) is 9.80 Å². The van der Waals surface area contributed by atoms with Gasteiger partial charge in [0, 0.05) is 13.6 Å². The van der Waals surface area contributed by atoms with Crippen LogP contribution in [0, 0.1) is 0 Å². The highest BCUT2D eigenvalue weighted by Gasteiger charge is 2.32. The molecule has 1 saturated heterocycles. The SMILES string of the molecule is CN1CC(=O)N(CCOc2cccc(CN)c2)C1=O. The Morgan fingerprint density at radius 3 is 2.79 bits per heavy atom. The van der Waals surface area contributed by atoms with Crippen LogP contribution in [0.15, 0.2) is 24.3 Å². The number of hydrogen-bond donors (Lipinski definition) is 1. The number of rotatable bonds is 5. The van der Waals surface area contributed by atoms with Crippen LogP contribution in [-0.4, -0.2) is 48.5 Å². The molecule has 0 atom stereocenters. The average Bonchev–Trinajstić information content (AvgIpc) is 2.65. The number of imide groups is 1. The van der Waals surface area contributed by atoms with E-state index in [4.69, 9.17) is 10.5 Å². The van der Waals surface area contributed by atoms with Gasteiger partial charge in [0.15, 0.2) is 0 Å². The first-order valence-corrected chi connectivity index (χ1v) is 6.09. The summed E-state index contributed by atoms with van der Waals surface area (Å²) in [4.78, 5) is 25.7. The third kappa shape index (κ3) is 3.03. The fourth-order valence-electron chi connectivity index (χ4n) is 1.91. The Hall–Kier alpha value is -2.08. The molecule has 2 N–H and O–H groups in total. The lowest BCUT2D eigenvalue weighted by atomic mass is 10.2. The maximum Gasteiger partial charge on any atom is 0.327 e. The predicted octanol–water partition coefficient (Wildman–Crippen LogP) is 0.418. The van der Waals surface area contributed by atoms with Crippen LogP contribution in [0.4, 0.5) is 4.79 Å². The van der Waals surface area contributed by atoms with Crippen molar-refractivity contribution in [3.63, 3.8) is 0 Å². The zero-order valence-electron chi connectivity index (χ0n) is 10.8. The Kier molecular flexibility index (Phi) is 4.01. The molecule has 1 aromatic rings. The minimum Gasteiger partial charge on any atom is -0.492 e. The molecule has 102 valence electrons. The Balaban J connectivity index is 1.86. The number of benzene rings is 1. The second-order valence-electron chi connectivity index (χ2n) is 4.38. The first-order valence-electron chi connectivity index (χ1n) is 6.09. The third-order valence-corrected chi connectivity index (χ3v) is 2.95. The van der Waals surface area contributed by atoms with Gasteiger partial charge >= 0.3 is 6.03 Å². The van der Waals surface area contributed by atoms with Crippen LogP contribution < -0.4 is 10.5 Å². The molecule has 2 rings (SSSR count). The van der Waals surface area contributed by atoms with Crippen molar-refractivity contribution in [2.24, 2.45) is 5.73 Å². The summed E-state index contributed by atoms with van der Waals surface area (Å²) in [5.74, 6) is 0.502. The Morgan fingerprint density at radius 2 is 2.16 bits per heavy atom. The first-order chi connectivity index (χ1) is 9.11. The van der Waals surface area contributed by atoms with E-state index >= 15 is 0 Å². The highest BCUT2D eigenvalue weighted by atomic mass is 16.5. The largest absolute Gasteiger partial charge is 0.492 e. The number of hydrogen-bond acceptors (Lipinski definition) is 4. The maximum absolute atomic E-state index is 11.6. The summed E-state index contributed by atoms with van der Waals surface area (Å²) in [5, 5.41) is 0. The molecular formula is C13H17N3O3. The summed E-state index contributed by atoms with van der Waals surface area (Å²) in [5.41, 5.74) is 6.52. The number of ether oxygens (including phenoxy) is 1. The smallest absolute Gasteiger partial charge is 0.327 e. The van der Waals surface area contributed by atoms with E-state index in [0.717, 1.165) is 5.56 Å². The van der Waals surface area contributed by atoms with E-state index in [1.165, 1.54) is 9.80 Å². The number of nitrogens with zero attached hydrogens (tertiary/aromatic N) is 2. The normalized spacial score (nSPS) is 15.3. The molecule has 1 aromatic carbocycles. The van der Waals surface area contributed by atoms with Gasteiger partial charge in [0.25, 0.3) is 0 Å². The van der Waals surface area contributed by atoms with Crippen molar-refractivity contribution >= 4 is 11.9 Å². The molecule has 1 fully saturated rings. The van der Waals surface area contributed by atoms with Crippen LogP contribution in [0.1, 0.15) is 5.56 Å². The highest BCUT2D eigenvalue weighted by Crippen LogP contribution is 2.13. The number of likely N-dealkylation sites (N-methyl/N-ethyl adjacent to an activating group) is 1. The van der Waals surface area contributed by atoms with E-state index in [0.29, 0.717) is 12.3 Å². The Bertz CT molecular complexity index is 490. The van der Waals surface area contributed by atoms with Crippen molar-refractivity contribution in [2.45, 2.75) is 6.54 Å². The molecule has 0 spiro atoms. The standard InChI is InChI=1S/C13H17N3O3/c1-15-9-12(17)16(13(15)18)5-6-19-11-4-2-3-10(7-11)8-14/h2-4,7H,5-6,8-9,14H2,1H3. The summed E-state index contributed by atoms with van der Waals surface area (Å²) in [7, 11) is 1.60. The summed E-state index contributed by atoms with van der Waals surface area (Å²) < 4.78 is 5.52. The quantitative estimate of drug-likeness (QED) is 0.781. The molecule has 0 unspecified atom stereocenters. The fraction of sp³-hybridized carbons (Fsp3) is 0.385. The topological polar surface area (TPSA) is 75.9 Å². The van der Waals surface area contributed by atoms with Gasteiger partial charge in [0.2, 0.25) is 5.91 Å². The molecule has 0 saturated carbocycles. The van der Waals surface area contributed by atoms with Crippen LogP contribution in [0.2, 0.25) is 0 Å². The molecule has 6 heteroatoms. The minimum atomic E-state index is -0.274. The minimum absolute atomic E-state index is 0.140. The van der Waals surface area contributed by atoms with Gasteiger partial charge in [-0.25, -0.2) is 4.79 Å². The van der Waals surface area contributed by atoms with E-state index < -0.39 is 0 Å². The molecule has 0 aliphatic carbocycles. The van der Waals surface area contributed by atoms with Crippen LogP contribution >= 0.6 is 0 Å². The second-order valence-corrected chi connectivity index (χ2v) is 4.38. The summed E-state index contributed by atoms with van der Waals surface area (Å²) in [6, 6.07) is 7.16. The molecule has 1 aliphatic heterocycles. The van der Waals surface area contributed by atoms with Gasteiger partial charge in [-0.2, -0.15) is 0 Å². The Labute approximate surface area is 111 Å². The van der Waals surface area contributed by atoms with Crippen LogP contribution in [0.5, 0.6) is 5.75 Å². The van der Waals surface area contributed by atoms with E-state index in [-0.39, 0.29) is 31.6 Å². The summed E-state index contributed by atoms with van der Waals surface area (Å²) >= 11 is 0. The van der Waals surface area contributed by atoms with E-state index in [1.807, 2.05) is 24.3 Å². The number of urea groups is 1. The molecule has 6 nitrogen and oxygen atoms in total. The van der Waals surface area contributed by atoms with Crippen molar-refractivity contribution in [3.05, 3.63) is 29.8 Å². The van der Waals surface area contributed by atoms with Crippen LogP contribution in [0.25, 0.3) is 0 Å². The highest BCUT2D eigenvalue weighted by molar-refractivity contribution is 6.01. The van der Waals surface area contributed by atoms with Crippen molar-refractivity contribution < 1.29 is 14.3 Å². The lowest BCUT2D eigenvalue weighted by Gasteiger charge is -2.14. The molecule has 19 heavy (non-hydrogen) atoms. The van der Waals surface area contributed by atoms with Crippen molar-refractivity contribution in [1.29, 1.82) is 0 Å². The lowest BCUT2D eigenvalue weighted by Crippen LogP contribution is -2.35. The van der Waals surface area contributed by atoms with Gasteiger partial charge in [-0.3, -0.25) is 9.69 Å². The van der Waals surface area contributed by atoms with E-state index in [9.17, 15) is 9.59 Å². The monoisotopic (exact) mass is 263 g/mol. The van der Waals surface area contributed by atoms with Gasteiger partial charge in [0.05, 0.1) is 6.54 Å². The maximum atomic E-state index is 11.6. The molecule has 3 amide bonds. The molecule has 0 aromatic heterocycles. The number of nitrogens with two attached hydrogens (primary N) is 1. The first kappa shape index (κ1) is 13.4. The second kappa shape index (κ2) is 5.71. The summed E-state index contributed by atoms with van der Waals surface area (Å²) in [6.07, 6.45) is 0. The van der Waals surface area contributed by atoms with Gasteiger partial charge in [-0.05, 0) is 17.7 Å².